The maximum atomic E-state index is 11.9. The quantitative estimate of drug-likeness (QED) is 0.673. The van der Waals surface area contributed by atoms with Crippen LogP contribution in [-0.4, -0.2) is 12.0 Å². The summed E-state index contributed by atoms with van der Waals surface area (Å²) in [5, 5.41) is 2.75. The average Bonchev–Trinajstić information content (AvgIpc) is 2.41. The Morgan fingerprint density at radius 2 is 1.70 bits per heavy atom. The molecule has 0 bridgehead atoms. The predicted molar refractivity (Wildman–Crippen MR) is 76.1 cm³/mol. The second-order valence-corrected chi connectivity index (χ2v) is 4.29. The zero-order valence-electron chi connectivity index (χ0n) is 10.3. The molecular weight excluding hydrogens is 280 g/mol. The highest BCUT2D eigenvalue weighted by atomic mass is 35.5. The SMILES string of the molecule is NC(=O)Nc1ccc(C(=O)Oc2ccccc2Cl)cc1. The number of amides is 2. The fraction of sp³-hybridized carbons (Fsp3) is 0. The maximum Gasteiger partial charge on any atom is 0.343 e. The Bertz CT molecular complexity index is 641. The van der Waals surface area contributed by atoms with E-state index in [0.717, 1.165) is 0 Å². The van der Waals surface area contributed by atoms with Gasteiger partial charge < -0.3 is 15.8 Å². The van der Waals surface area contributed by atoms with Gasteiger partial charge in [-0.3, -0.25) is 0 Å². The Morgan fingerprint density at radius 3 is 2.30 bits per heavy atom. The minimum atomic E-state index is -0.670. The van der Waals surface area contributed by atoms with Crippen LogP contribution >= 0.6 is 11.6 Å². The van der Waals surface area contributed by atoms with E-state index in [4.69, 9.17) is 22.1 Å². The van der Waals surface area contributed by atoms with Crippen molar-refractivity contribution < 1.29 is 14.3 Å². The van der Waals surface area contributed by atoms with E-state index in [1.165, 1.54) is 12.1 Å². The number of anilines is 1. The Hall–Kier alpha value is -2.53. The number of rotatable bonds is 3. The van der Waals surface area contributed by atoms with Crippen LogP contribution in [0, 0.1) is 0 Å². The van der Waals surface area contributed by atoms with Gasteiger partial charge in [0.2, 0.25) is 0 Å². The summed E-state index contributed by atoms with van der Waals surface area (Å²) >= 11 is 5.90. The number of primary amides is 1. The number of halogens is 1. The van der Waals surface area contributed by atoms with E-state index in [2.05, 4.69) is 5.32 Å². The topological polar surface area (TPSA) is 81.4 Å². The molecule has 0 atom stereocenters. The highest BCUT2D eigenvalue weighted by Gasteiger charge is 2.10. The number of nitrogens with one attached hydrogen (secondary N) is 1. The van der Waals surface area contributed by atoms with Crippen molar-refractivity contribution in [3.8, 4) is 5.75 Å². The Balaban J connectivity index is 2.10. The highest BCUT2D eigenvalue weighted by Crippen LogP contribution is 2.24. The molecule has 0 unspecified atom stereocenters. The summed E-state index contributed by atoms with van der Waals surface area (Å²) in [6.07, 6.45) is 0. The summed E-state index contributed by atoms with van der Waals surface area (Å²) in [5.41, 5.74) is 5.81. The molecule has 2 aromatic carbocycles. The number of benzene rings is 2. The van der Waals surface area contributed by atoms with Gasteiger partial charge in [0, 0.05) is 5.69 Å². The molecule has 0 saturated carbocycles. The molecule has 0 aliphatic carbocycles. The van der Waals surface area contributed by atoms with Crippen LogP contribution < -0.4 is 15.8 Å². The van der Waals surface area contributed by atoms with Crippen LogP contribution in [-0.2, 0) is 0 Å². The molecule has 0 aromatic heterocycles. The smallest absolute Gasteiger partial charge is 0.343 e. The lowest BCUT2D eigenvalue weighted by molar-refractivity contribution is 0.0735. The molecule has 0 heterocycles. The van der Waals surface area contributed by atoms with Gasteiger partial charge in [-0.2, -0.15) is 0 Å². The number of esters is 1. The summed E-state index contributed by atoms with van der Waals surface area (Å²) in [6.45, 7) is 0. The highest BCUT2D eigenvalue weighted by molar-refractivity contribution is 6.32. The number of hydrogen-bond donors (Lipinski definition) is 2. The summed E-state index contributed by atoms with van der Waals surface area (Å²) in [4.78, 5) is 22.6. The molecule has 5 nitrogen and oxygen atoms in total. The van der Waals surface area contributed by atoms with Crippen molar-refractivity contribution in [3.63, 3.8) is 0 Å². The second kappa shape index (κ2) is 6.08. The van der Waals surface area contributed by atoms with Crippen LogP contribution in [0.2, 0.25) is 5.02 Å². The van der Waals surface area contributed by atoms with Gasteiger partial charge in [0.05, 0.1) is 10.6 Å². The van der Waals surface area contributed by atoms with E-state index in [1.54, 1.807) is 36.4 Å². The lowest BCUT2D eigenvalue weighted by Crippen LogP contribution is -2.19. The van der Waals surface area contributed by atoms with Gasteiger partial charge in [-0.15, -0.1) is 0 Å². The van der Waals surface area contributed by atoms with Gasteiger partial charge in [0.25, 0.3) is 0 Å². The molecule has 2 rings (SSSR count). The summed E-state index contributed by atoms with van der Waals surface area (Å²) in [7, 11) is 0. The molecule has 6 heteroatoms. The van der Waals surface area contributed by atoms with Crippen molar-refractivity contribution in [2.45, 2.75) is 0 Å². The monoisotopic (exact) mass is 290 g/mol. The first-order chi connectivity index (χ1) is 9.56. The van der Waals surface area contributed by atoms with Gasteiger partial charge in [-0.1, -0.05) is 23.7 Å². The predicted octanol–water partition coefficient (Wildman–Crippen LogP) is 3.05. The average molecular weight is 291 g/mol. The molecule has 0 spiro atoms. The molecule has 3 N–H and O–H groups in total. The molecule has 0 aliphatic rings. The van der Waals surface area contributed by atoms with Crippen LogP contribution in [0.4, 0.5) is 10.5 Å². The maximum absolute atomic E-state index is 11.9. The van der Waals surface area contributed by atoms with Gasteiger partial charge in [-0.05, 0) is 36.4 Å². The number of carbonyl (C=O) groups excluding carboxylic acids is 2. The van der Waals surface area contributed by atoms with Crippen LogP contribution in [0.5, 0.6) is 5.75 Å². The minimum Gasteiger partial charge on any atom is -0.421 e. The lowest BCUT2D eigenvalue weighted by Gasteiger charge is -2.06. The van der Waals surface area contributed by atoms with Crippen molar-refractivity contribution in [1.29, 1.82) is 0 Å². The zero-order valence-corrected chi connectivity index (χ0v) is 11.1. The molecular formula is C14H11ClN2O3. The van der Waals surface area contributed by atoms with E-state index in [0.29, 0.717) is 22.0 Å². The number of urea groups is 1. The van der Waals surface area contributed by atoms with E-state index in [1.807, 2.05) is 0 Å². The number of ether oxygens (including phenoxy) is 1. The fourth-order valence-electron chi connectivity index (χ4n) is 1.52. The lowest BCUT2D eigenvalue weighted by atomic mass is 10.2. The normalized spacial score (nSPS) is 9.85. The third-order valence-corrected chi connectivity index (χ3v) is 2.74. The largest absolute Gasteiger partial charge is 0.421 e. The van der Waals surface area contributed by atoms with E-state index in [9.17, 15) is 9.59 Å². The third kappa shape index (κ3) is 3.49. The van der Waals surface area contributed by atoms with Crippen LogP contribution in [0.3, 0.4) is 0 Å². The first kappa shape index (κ1) is 13.9. The Morgan fingerprint density at radius 1 is 1.05 bits per heavy atom. The second-order valence-electron chi connectivity index (χ2n) is 3.89. The number of para-hydroxylation sites is 1. The Labute approximate surface area is 120 Å². The van der Waals surface area contributed by atoms with Crippen LogP contribution in [0.1, 0.15) is 10.4 Å². The van der Waals surface area contributed by atoms with Gasteiger partial charge in [0.1, 0.15) is 5.75 Å². The van der Waals surface area contributed by atoms with Crippen molar-refractivity contribution in [2.24, 2.45) is 5.73 Å². The number of nitrogens with two attached hydrogens (primary N) is 1. The molecule has 20 heavy (non-hydrogen) atoms. The Kier molecular flexibility index (Phi) is 4.22. The van der Waals surface area contributed by atoms with Crippen molar-refractivity contribution >= 4 is 29.3 Å². The third-order valence-electron chi connectivity index (χ3n) is 2.43. The van der Waals surface area contributed by atoms with Gasteiger partial charge in [-0.25, -0.2) is 9.59 Å². The summed E-state index contributed by atoms with van der Waals surface area (Å²) < 4.78 is 5.17. The molecule has 0 fully saturated rings. The first-order valence-corrected chi connectivity index (χ1v) is 6.07. The number of carbonyl (C=O) groups is 2. The molecule has 2 aromatic rings. The van der Waals surface area contributed by atoms with Gasteiger partial charge in [0.15, 0.2) is 0 Å². The van der Waals surface area contributed by atoms with E-state index >= 15 is 0 Å². The molecule has 0 saturated heterocycles. The van der Waals surface area contributed by atoms with Crippen molar-refractivity contribution in [1.82, 2.24) is 0 Å². The first-order valence-electron chi connectivity index (χ1n) is 5.69. The van der Waals surface area contributed by atoms with E-state index < -0.39 is 12.0 Å². The standard InChI is InChI=1S/C14H11ClN2O3/c15-11-3-1-2-4-12(11)20-13(18)9-5-7-10(8-6-9)17-14(16)19/h1-8H,(H3,16,17,19). The van der Waals surface area contributed by atoms with Gasteiger partial charge >= 0.3 is 12.0 Å². The van der Waals surface area contributed by atoms with Crippen LogP contribution in [0.15, 0.2) is 48.5 Å². The summed E-state index contributed by atoms with van der Waals surface area (Å²) in [6, 6.07) is 12.2. The van der Waals surface area contributed by atoms with Crippen LogP contribution in [0.25, 0.3) is 0 Å². The number of hydrogen-bond acceptors (Lipinski definition) is 3. The minimum absolute atomic E-state index is 0.290. The van der Waals surface area contributed by atoms with Crippen molar-refractivity contribution in [3.05, 3.63) is 59.1 Å². The summed E-state index contributed by atoms with van der Waals surface area (Å²) in [5.74, 6) is -0.248. The zero-order chi connectivity index (χ0) is 14.5. The molecule has 0 radical (unpaired) electrons. The fourth-order valence-corrected chi connectivity index (χ4v) is 1.69. The molecule has 2 amide bonds. The van der Waals surface area contributed by atoms with E-state index in [-0.39, 0.29) is 0 Å². The molecule has 102 valence electrons. The van der Waals surface area contributed by atoms with Crippen molar-refractivity contribution in [2.75, 3.05) is 5.32 Å². The molecule has 0 aliphatic heterocycles.